The van der Waals surface area contributed by atoms with Gasteiger partial charge in [0.1, 0.15) is 12.4 Å². The highest BCUT2D eigenvalue weighted by molar-refractivity contribution is 7.89. The molecule has 2 aromatic carbocycles. The molecule has 0 spiro atoms. The Bertz CT molecular complexity index is 1220. The van der Waals surface area contributed by atoms with Gasteiger partial charge in [-0.2, -0.15) is 4.31 Å². The molecule has 0 N–H and O–H groups in total. The second kappa shape index (κ2) is 8.68. The van der Waals surface area contributed by atoms with Crippen LogP contribution in [0.4, 0.5) is 4.39 Å². The molecule has 7 nitrogen and oxygen atoms in total. The average Bonchev–Trinajstić information content (AvgIpc) is 2.78. The Morgan fingerprint density at radius 2 is 1.81 bits per heavy atom. The van der Waals surface area contributed by atoms with Gasteiger partial charge in [0.2, 0.25) is 10.0 Å². The third kappa shape index (κ3) is 4.57. The summed E-state index contributed by atoms with van der Waals surface area (Å²) in [5.41, 5.74) is 2.73. The van der Waals surface area contributed by atoms with Gasteiger partial charge in [0.15, 0.2) is 0 Å². The lowest BCUT2D eigenvalue weighted by atomic mass is 10.00. The minimum Gasteiger partial charge on any atom is -0.459 e. The summed E-state index contributed by atoms with van der Waals surface area (Å²) in [5, 5.41) is 0. The summed E-state index contributed by atoms with van der Waals surface area (Å²) < 4.78 is 45.6. The number of carbonyl (C=O) groups is 1. The highest BCUT2D eigenvalue weighted by Gasteiger charge is 2.34. The smallest absolute Gasteiger partial charge is 0.310 e. The molecule has 2 heterocycles. The van der Waals surface area contributed by atoms with Crippen LogP contribution >= 0.6 is 0 Å². The Balaban J connectivity index is 1.43. The monoisotopic (exact) mass is 443 g/mol. The predicted octanol–water partition coefficient (Wildman–Crippen LogP) is 3.22. The number of rotatable bonds is 5. The number of piperidine rings is 1. The van der Waals surface area contributed by atoms with Crippen molar-refractivity contribution in [3.8, 4) is 0 Å². The molecule has 3 aromatic rings. The number of nitrogens with zero attached hydrogens (tertiary/aromatic N) is 3. The van der Waals surface area contributed by atoms with Crippen molar-refractivity contribution in [2.45, 2.75) is 31.3 Å². The molecular weight excluding hydrogens is 421 g/mol. The highest BCUT2D eigenvalue weighted by Crippen LogP contribution is 2.25. The Morgan fingerprint density at radius 3 is 2.52 bits per heavy atom. The lowest BCUT2D eigenvalue weighted by Gasteiger charge is -2.30. The van der Waals surface area contributed by atoms with Gasteiger partial charge in [0.25, 0.3) is 0 Å². The van der Waals surface area contributed by atoms with E-state index in [-0.39, 0.29) is 18.0 Å². The van der Waals surface area contributed by atoms with Crippen LogP contribution in [-0.4, -0.2) is 41.7 Å². The molecule has 0 aliphatic carbocycles. The first-order chi connectivity index (χ1) is 14.8. The van der Waals surface area contributed by atoms with Crippen LogP contribution in [0.25, 0.3) is 11.0 Å². The normalized spacial score (nSPS) is 17.5. The molecule has 1 aliphatic rings. The molecule has 1 saturated heterocycles. The predicted molar refractivity (Wildman–Crippen MR) is 112 cm³/mol. The van der Waals surface area contributed by atoms with Crippen LogP contribution in [-0.2, 0) is 26.2 Å². The van der Waals surface area contributed by atoms with E-state index in [9.17, 15) is 17.6 Å². The van der Waals surface area contributed by atoms with Gasteiger partial charge in [0.05, 0.1) is 33.2 Å². The van der Waals surface area contributed by atoms with Crippen molar-refractivity contribution in [3.63, 3.8) is 0 Å². The number of para-hydroxylation sites is 2. The van der Waals surface area contributed by atoms with Crippen LogP contribution < -0.4 is 0 Å². The quantitative estimate of drug-likeness (QED) is 0.563. The first kappa shape index (κ1) is 21.3. The molecule has 1 aliphatic heterocycles. The van der Waals surface area contributed by atoms with Crippen LogP contribution in [0.5, 0.6) is 0 Å². The Morgan fingerprint density at radius 1 is 1.13 bits per heavy atom. The molecule has 0 amide bonds. The first-order valence-corrected chi connectivity index (χ1v) is 11.4. The summed E-state index contributed by atoms with van der Waals surface area (Å²) in [6, 6.07) is 12.1. The molecule has 9 heteroatoms. The van der Waals surface area contributed by atoms with Crippen molar-refractivity contribution in [1.29, 1.82) is 0 Å². The third-order valence-corrected chi connectivity index (χ3v) is 7.24. The summed E-state index contributed by atoms with van der Waals surface area (Å²) in [4.78, 5) is 21.7. The van der Waals surface area contributed by atoms with E-state index >= 15 is 0 Å². The van der Waals surface area contributed by atoms with E-state index in [2.05, 4.69) is 9.97 Å². The second-order valence-electron chi connectivity index (χ2n) is 7.51. The number of aromatic nitrogens is 2. The molecule has 1 aromatic heterocycles. The zero-order valence-corrected chi connectivity index (χ0v) is 17.8. The molecule has 0 bridgehead atoms. The average molecular weight is 444 g/mol. The molecule has 0 saturated carbocycles. The molecular formula is C22H22FN3O4S. The summed E-state index contributed by atoms with van der Waals surface area (Å²) in [6.07, 6.45) is 1.08. The highest BCUT2D eigenvalue weighted by atomic mass is 32.2. The molecule has 1 atom stereocenters. The third-order valence-electron chi connectivity index (χ3n) is 5.36. The van der Waals surface area contributed by atoms with Gasteiger partial charge in [-0.3, -0.25) is 4.79 Å². The number of hydrogen-bond donors (Lipinski definition) is 0. The SMILES string of the molecule is Cc1nc2ccccc2nc1COC(=O)C1CCCN(S(=O)(=O)c2ccc(F)cc2)C1. The van der Waals surface area contributed by atoms with Gasteiger partial charge in [-0.25, -0.2) is 22.8 Å². The van der Waals surface area contributed by atoms with Crippen molar-refractivity contribution >= 4 is 27.0 Å². The summed E-state index contributed by atoms with van der Waals surface area (Å²) in [5.74, 6) is -1.54. The topological polar surface area (TPSA) is 89.5 Å². The van der Waals surface area contributed by atoms with Gasteiger partial charge in [-0.1, -0.05) is 12.1 Å². The number of hydrogen-bond acceptors (Lipinski definition) is 6. The van der Waals surface area contributed by atoms with Crippen molar-refractivity contribution < 1.29 is 22.3 Å². The van der Waals surface area contributed by atoms with Gasteiger partial charge in [-0.05, 0) is 56.2 Å². The van der Waals surface area contributed by atoms with E-state index in [1.807, 2.05) is 24.3 Å². The lowest BCUT2D eigenvalue weighted by molar-refractivity contribution is -0.151. The maximum Gasteiger partial charge on any atom is 0.310 e. The Kier molecular flexibility index (Phi) is 5.97. The lowest BCUT2D eigenvalue weighted by Crippen LogP contribution is -2.42. The number of benzene rings is 2. The minimum atomic E-state index is -3.81. The molecule has 0 radical (unpaired) electrons. The van der Waals surface area contributed by atoms with Crippen molar-refractivity contribution in [1.82, 2.24) is 14.3 Å². The Labute approximate surface area is 179 Å². The molecule has 1 unspecified atom stereocenters. The summed E-state index contributed by atoms with van der Waals surface area (Å²) in [7, 11) is -3.81. The fourth-order valence-corrected chi connectivity index (χ4v) is 5.15. The Hall–Kier alpha value is -2.91. The number of fused-ring (bicyclic) bond motifs is 1. The first-order valence-electron chi connectivity index (χ1n) is 9.99. The number of carbonyl (C=O) groups excluding carboxylic acids is 1. The summed E-state index contributed by atoms with van der Waals surface area (Å²) in [6.45, 7) is 2.11. The number of esters is 1. The van der Waals surface area contributed by atoms with Crippen molar-refractivity contribution in [2.24, 2.45) is 5.92 Å². The van der Waals surface area contributed by atoms with E-state index in [0.29, 0.717) is 36.3 Å². The zero-order valence-electron chi connectivity index (χ0n) is 17.0. The van der Waals surface area contributed by atoms with E-state index in [1.165, 1.54) is 16.4 Å². The zero-order chi connectivity index (χ0) is 22.0. The molecule has 1 fully saturated rings. The number of halogens is 1. The van der Waals surface area contributed by atoms with E-state index in [1.54, 1.807) is 6.92 Å². The van der Waals surface area contributed by atoms with E-state index < -0.39 is 27.7 Å². The standard InChI is InChI=1S/C22H22FN3O4S/c1-15-21(25-20-7-3-2-6-19(20)24-15)14-30-22(27)16-5-4-12-26(13-16)31(28,29)18-10-8-17(23)9-11-18/h2-3,6-11,16H,4-5,12-14H2,1H3. The fraction of sp³-hybridized carbons (Fsp3) is 0.318. The van der Waals surface area contributed by atoms with Gasteiger partial charge < -0.3 is 4.74 Å². The fourth-order valence-electron chi connectivity index (χ4n) is 3.63. The van der Waals surface area contributed by atoms with Crippen LogP contribution in [0.3, 0.4) is 0 Å². The maximum absolute atomic E-state index is 13.1. The second-order valence-corrected chi connectivity index (χ2v) is 9.45. The largest absolute Gasteiger partial charge is 0.459 e. The van der Waals surface area contributed by atoms with Crippen LogP contribution in [0.15, 0.2) is 53.4 Å². The number of ether oxygens (including phenoxy) is 1. The summed E-state index contributed by atoms with van der Waals surface area (Å²) >= 11 is 0. The van der Waals surface area contributed by atoms with Crippen LogP contribution in [0.1, 0.15) is 24.2 Å². The van der Waals surface area contributed by atoms with Crippen molar-refractivity contribution in [2.75, 3.05) is 13.1 Å². The van der Waals surface area contributed by atoms with Crippen LogP contribution in [0.2, 0.25) is 0 Å². The van der Waals surface area contributed by atoms with E-state index in [4.69, 9.17) is 4.74 Å². The van der Waals surface area contributed by atoms with Gasteiger partial charge in [-0.15, -0.1) is 0 Å². The molecule has 31 heavy (non-hydrogen) atoms. The van der Waals surface area contributed by atoms with Crippen LogP contribution in [0, 0.1) is 18.7 Å². The van der Waals surface area contributed by atoms with Gasteiger partial charge in [0, 0.05) is 13.1 Å². The maximum atomic E-state index is 13.1. The number of aryl methyl sites for hydroxylation is 1. The van der Waals surface area contributed by atoms with Crippen molar-refractivity contribution in [3.05, 3.63) is 65.7 Å². The van der Waals surface area contributed by atoms with Gasteiger partial charge >= 0.3 is 5.97 Å². The molecule has 162 valence electrons. The minimum absolute atomic E-state index is 0.00461. The number of sulfonamides is 1. The molecule has 4 rings (SSSR count). The van der Waals surface area contributed by atoms with E-state index in [0.717, 1.165) is 17.6 Å².